The molecule has 0 saturated carbocycles. The van der Waals surface area contributed by atoms with Crippen molar-refractivity contribution in [3.05, 3.63) is 0 Å². The molecule has 1 nitrogen and oxygen atoms in total. The summed E-state index contributed by atoms with van der Waals surface area (Å²) in [6.45, 7) is 6.94. The molecule has 0 aliphatic heterocycles. The topological polar surface area (TPSA) is 12.0 Å². The van der Waals surface area contributed by atoms with Crippen LogP contribution < -0.4 is 5.32 Å². The van der Waals surface area contributed by atoms with Crippen LogP contribution in [-0.4, -0.2) is 18.4 Å². The van der Waals surface area contributed by atoms with Gasteiger partial charge in [0.2, 0.25) is 0 Å². The zero-order valence-corrected chi connectivity index (χ0v) is 9.99. The van der Waals surface area contributed by atoms with Crippen molar-refractivity contribution >= 4 is 15.9 Å². The summed E-state index contributed by atoms with van der Waals surface area (Å²) in [6, 6.07) is 0. The summed E-state index contributed by atoms with van der Waals surface area (Å²) in [7, 11) is 0. The van der Waals surface area contributed by atoms with Crippen LogP contribution in [0.2, 0.25) is 0 Å². The van der Waals surface area contributed by atoms with Gasteiger partial charge >= 0.3 is 0 Å². The Balaban J connectivity index is 2.82. The molecule has 0 heterocycles. The van der Waals surface area contributed by atoms with E-state index in [0.717, 1.165) is 11.2 Å². The van der Waals surface area contributed by atoms with Gasteiger partial charge < -0.3 is 5.32 Å². The first kappa shape index (κ1) is 12.4. The van der Waals surface area contributed by atoms with Gasteiger partial charge in [-0.05, 0) is 44.7 Å². The summed E-state index contributed by atoms with van der Waals surface area (Å²) in [4.78, 5) is 0. The summed E-state index contributed by atoms with van der Waals surface area (Å²) in [5.74, 6) is 0.856. The Morgan fingerprint density at radius 2 is 1.75 bits per heavy atom. The van der Waals surface area contributed by atoms with Gasteiger partial charge in [0.25, 0.3) is 0 Å². The van der Waals surface area contributed by atoms with Gasteiger partial charge in [0.05, 0.1) is 0 Å². The van der Waals surface area contributed by atoms with E-state index in [-0.39, 0.29) is 0 Å². The van der Waals surface area contributed by atoms with Crippen LogP contribution in [0.15, 0.2) is 0 Å². The minimum absolute atomic E-state index is 0.856. The quantitative estimate of drug-likeness (QED) is 0.504. The molecule has 74 valence electrons. The molecule has 1 N–H and O–H groups in total. The standard InChI is InChI=1S/C10H22BrN/c1-10(2)6-5-9-12-8-4-3-7-11/h10,12H,3-9H2,1-2H3. The van der Waals surface area contributed by atoms with Crippen LogP contribution in [-0.2, 0) is 0 Å². The Morgan fingerprint density at radius 3 is 2.33 bits per heavy atom. The van der Waals surface area contributed by atoms with Crippen LogP contribution in [0, 0.1) is 5.92 Å². The van der Waals surface area contributed by atoms with Crippen LogP contribution in [0.5, 0.6) is 0 Å². The van der Waals surface area contributed by atoms with E-state index in [1.54, 1.807) is 0 Å². The molecule has 0 spiro atoms. The summed E-state index contributed by atoms with van der Waals surface area (Å²) >= 11 is 3.42. The molecular weight excluding hydrogens is 214 g/mol. The molecule has 0 aromatic rings. The molecule has 0 saturated heterocycles. The smallest absolute Gasteiger partial charge is 0.00317 e. The van der Waals surface area contributed by atoms with E-state index in [1.807, 2.05) is 0 Å². The highest BCUT2D eigenvalue weighted by Gasteiger charge is 1.92. The van der Waals surface area contributed by atoms with Gasteiger partial charge in [-0.1, -0.05) is 29.8 Å². The normalized spacial score (nSPS) is 11.0. The molecule has 0 aliphatic carbocycles. The molecule has 0 amide bonds. The third-order valence-corrected chi connectivity index (χ3v) is 2.43. The van der Waals surface area contributed by atoms with Gasteiger partial charge in [-0.25, -0.2) is 0 Å². The van der Waals surface area contributed by atoms with Gasteiger partial charge in [0.15, 0.2) is 0 Å². The zero-order chi connectivity index (χ0) is 9.23. The second kappa shape index (κ2) is 9.53. The first-order valence-electron chi connectivity index (χ1n) is 5.04. The Bertz CT molecular complexity index is 83.9. The average molecular weight is 236 g/mol. The fraction of sp³-hybridized carbons (Fsp3) is 1.00. The summed E-state index contributed by atoms with van der Waals surface area (Å²) in [5.41, 5.74) is 0. The van der Waals surface area contributed by atoms with Crippen molar-refractivity contribution in [3.8, 4) is 0 Å². The van der Waals surface area contributed by atoms with E-state index in [4.69, 9.17) is 0 Å². The Hall–Kier alpha value is 0.440. The first-order valence-corrected chi connectivity index (χ1v) is 6.16. The van der Waals surface area contributed by atoms with Gasteiger partial charge in [0, 0.05) is 5.33 Å². The van der Waals surface area contributed by atoms with Crippen molar-refractivity contribution in [2.75, 3.05) is 18.4 Å². The molecular formula is C10H22BrN. The SMILES string of the molecule is CC(C)CCCNCCCCBr. The highest BCUT2D eigenvalue weighted by Crippen LogP contribution is 2.01. The maximum atomic E-state index is 3.45. The first-order chi connectivity index (χ1) is 5.77. The Kier molecular flexibility index (Phi) is 9.88. The average Bonchev–Trinajstić information content (AvgIpc) is 2.02. The molecule has 0 aliphatic rings. The fourth-order valence-corrected chi connectivity index (χ4v) is 1.50. The number of rotatable bonds is 8. The lowest BCUT2D eigenvalue weighted by Gasteiger charge is -2.05. The van der Waals surface area contributed by atoms with Crippen molar-refractivity contribution < 1.29 is 0 Å². The lowest BCUT2D eigenvalue weighted by Crippen LogP contribution is -2.17. The van der Waals surface area contributed by atoms with E-state index in [1.165, 1.54) is 38.8 Å². The number of hydrogen-bond acceptors (Lipinski definition) is 1. The lowest BCUT2D eigenvalue weighted by atomic mass is 10.1. The molecule has 0 bridgehead atoms. The van der Waals surface area contributed by atoms with Crippen molar-refractivity contribution in [1.82, 2.24) is 5.32 Å². The van der Waals surface area contributed by atoms with Gasteiger partial charge in [-0.2, -0.15) is 0 Å². The highest BCUT2D eigenvalue weighted by molar-refractivity contribution is 9.09. The lowest BCUT2D eigenvalue weighted by molar-refractivity contribution is 0.523. The van der Waals surface area contributed by atoms with E-state index in [2.05, 4.69) is 35.1 Å². The summed E-state index contributed by atoms with van der Waals surface area (Å²) in [6.07, 6.45) is 5.27. The van der Waals surface area contributed by atoms with Crippen molar-refractivity contribution in [2.24, 2.45) is 5.92 Å². The molecule has 0 aromatic carbocycles. The molecule has 0 atom stereocenters. The Morgan fingerprint density at radius 1 is 1.08 bits per heavy atom. The maximum Gasteiger partial charge on any atom is 0.00317 e. The largest absolute Gasteiger partial charge is 0.317 e. The van der Waals surface area contributed by atoms with Crippen LogP contribution in [0.4, 0.5) is 0 Å². The van der Waals surface area contributed by atoms with Gasteiger partial charge in [0.1, 0.15) is 0 Å². The predicted octanol–water partition coefficient (Wildman–Crippen LogP) is 3.19. The molecule has 0 fully saturated rings. The third-order valence-electron chi connectivity index (χ3n) is 1.87. The van der Waals surface area contributed by atoms with Crippen LogP contribution in [0.1, 0.15) is 39.5 Å². The number of alkyl halides is 1. The van der Waals surface area contributed by atoms with E-state index < -0.39 is 0 Å². The predicted molar refractivity (Wildman–Crippen MR) is 60.0 cm³/mol. The van der Waals surface area contributed by atoms with E-state index >= 15 is 0 Å². The molecule has 0 unspecified atom stereocenters. The molecule has 12 heavy (non-hydrogen) atoms. The summed E-state index contributed by atoms with van der Waals surface area (Å²) < 4.78 is 0. The Labute approximate surface area is 85.4 Å². The van der Waals surface area contributed by atoms with Gasteiger partial charge in [-0.15, -0.1) is 0 Å². The molecule has 0 rings (SSSR count). The van der Waals surface area contributed by atoms with Gasteiger partial charge in [-0.3, -0.25) is 0 Å². The van der Waals surface area contributed by atoms with E-state index in [9.17, 15) is 0 Å². The molecule has 0 radical (unpaired) electrons. The second-order valence-electron chi connectivity index (χ2n) is 3.68. The van der Waals surface area contributed by atoms with Crippen LogP contribution in [0.25, 0.3) is 0 Å². The minimum atomic E-state index is 0.856. The monoisotopic (exact) mass is 235 g/mol. The molecule has 2 heteroatoms. The van der Waals surface area contributed by atoms with E-state index in [0.29, 0.717) is 0 Å². The molecule has 0 aromatic heterocycles. The third kappa shape index (κ3) is 10.4. The summed E-state index contributed by atoms with van der Waals surface area (Å²) in [5, 5.41) is 4.59. The number of nitrogens with one attached hydrogen (secondary N) is 1. The number of unbranched alkanes of at least 4 members (excludes halogenated alkanes) is 1. The van der Waals surface area contributed by atoms with Crippen LogP contribution >= 0.6 is 15.9 Å². The van der Waals surface area contributed by atoms with Crippen LogP contribution in [0.3, 0.4) is 0 Å². The second-order valence-corrected chi connectivity index (χ2v) is 4.48. The van der Waals surface area contributed by atoms with Crippen molar-refractivity contribution in [3.63, 3.8) is 0 Å². The number of halogens is 1. The maximum absolute atomic E-state index is 3.45. The zero-order valence-electron chi connectivity index (χ0n) is 8.41. The van der Waals surface area contributed by atoms with Crippen molar-refractivity contribution in [1.29, 1.82) is 0 Å². The van der Waals surface area contributed by atoms with Crippen molar-refractivity contribution in [2.45, 2.75) is 39.5 Å². The number of hydrogen-bond donors (Lipinski definition) is 1. The fourth-order valence-electron chi connectivity index (χ4n) is 1.10. The minimum Gasteiger partial charge on any atom is -0.317 e. The highest BCUT2D eigenvalue weighted by atomic mass is 79.9.